The van der Waals surface area contributed by atoms with Crippen LogP contribution in [0.1, 0.15) is 11.1 Å². The first-order valence-electron chi connectivity index (χ1n) is 5.90. The van der Waals surface area contributed by atoms with E-state index in [4.69, 9.17) is 21.8 Å². The Morgan fingerprint density at radius 1 is 1.00 bits per heavy atom. The molecule has 0 saturated carbocycles. The molecule has 0 amide bonds. The zero-order valence-corrected chi connectivity index (χ0v) is 11.3. The number of benzene rings is 2. The number of aryl methyl sites for hydroxylation is 2. The van der Waals surface area contributed by atoms with Gasteiger partial charge in [0.1, 0.15) is 5.58 Å². The summed E-state index contributed by atoms with van der Waals surface area (Å²) in [5.41, 5.74) is 8.37. The molecule has 1 heterocycles. The lowest BCUT2D eigenvalue weighted by Gasteiger charge is -2.07. The van der Waals surface area contributed by atoms with Gasteiger partial charge in [-0.3, -0.25) is 0 Å². The lowest BCUT2D eigenvalue weighted by molar-refractivity contribution is 0.570. The molecule has 96 valence electrons. The number of anilines is 1. The Balaban J connectivity index is 2.61. The van der Waals surface area contributed by atoms with E-state index < -0.39 is 0 Å². The molecule has 3 nitrogen and oxygen atoms in total. The molecule has 0 aliphatic heterocycles. The zero-order chi connectivity index (χ0) is 13.7. The summed E-state index contributed by atoms with van der Waals surface area (Å²) in [6, 6.07) is 7.16. The standard InChI is InChI=1S/C15H12ClNO2/c1-7-3-11-9(5-12(7)16)10-4-8(2)13(17)6-14(10)19-15(11)18/h3-6H,17H2,1-2H3. The highest BCUT2D eigenvalue weighted by Gasteiger charge is 2.11. The average Bonchev–Trinajstić information content (AvgIpc) is 2.35. The highest BCUT2D eigenvalue weighted by molar-refractivity contribution is 6.32. The monoisotopic (exact) mass is 273 g/mol. The van der Waals surface area contributed by atoms with E-state index in [0.29, 0.717) is 21.7 Å². The van der Waals surface area contributed by atoms with Crippen LogP contribution in [-0.2, 0) is 0 Å². The van der Waals surface area contributed by atoms with Gasteiger partial charge < -0.3 is 10.2 Å². The van der Waals surface area contributed by atoms with Crippen LogP contribution in [0.2, 0.25) is 5.02 Å². The molecule has 0 saturated heterocycles. The van der Waals surface area contributed by atoms with Gasteiger partial charge in [-0.05, 0) is 43.2 Å². The van der Waals surface area contributed by atoms with Gasteiger partial charge in [-0.15, -0.1) is 0 Å². The van der Waals surface area contributed by atoms with Crippen LogP contribution in [0.15, 0.2) is 33.5 Å². The fourth-order valence-corrected chi connectivity index (χ4v) is 2.39. The van der Waals surface area contributed by atoms with Gasteiger partial charge >= 0.3 is 5.63 Å². The third-order valence-corrected chi connectivity index (χ3v) is 3.79. The number of nitrogen functional groups attached to an aromatic ring is 1. The van der Waals surface area contributed by atoms with E-state index in [0.717, 1.165) is 21.9 Å². The summed E-state index contributed by atoms with van der Waals surface area (Å²) in [5.74, 6) is 0. The SMILES string of the molecule is Cc1cc2c(cc1N)oc(=O)c1cc(C)c(Cl)cc12. The highest BCUT2D eigenvalue weighted by Crippen LogP contribution is 2.30. The third-order valence-electron chi connectivity index (χ3n) is 3.38. The van der Waals surface area contributed by atoms with Crippen molar-refractivity contribution in [1.29, 1.82) is 0 Å². The highest BCUT2D eigenvalue weighted by atomic mass is 35.5. The molecule has 0 unspecified atom stereocenters. The van der Waals surface area contributed by atoms with Crippen molar-refractivity contribution < 1.29 is 4.42 Å². The van der Waals surface area contributed by atoms with Crippen molar-refractivity contribution in [2.75, 3.05) is 5.73 Å². The number of hydrogen-bond donors (Lipinski definition) is 1. The lowest BCUT2D eigenvalue weighted by Crippen LogP contribution is -2.01. The van der Waals surface area contributed by atoms with E-state index in [1.54, 1.807) is 18.2 Å². The number of rotatable bonds is 0. The number of hydrogen-bond acceptors (Lipinski definition) is 3. The van der Waals surface area contributed by atoms with Crippen LogP contribution >= 0.6 is 11.6 Å². The quantitative estimate of drug-likeness (QED) is 0.385. The molecule has 0 aliphatic rings. The molecular formula is C15H12ClNO2. The van der Waals surface area contributed by atoms with Crippen molar-refractivity contribution in [2.24, 2.45) is 0 Å². The van der Waals surface area contributed by atoms with Crippen molar-refractivity contribution in [3.8, 4) is 0 Å². The molecule has 19 heavy (non-hydrogen) atoms. The predicted molar refractivity (Wildman–Crippen MR) is 78.9 cm³/mol. The van der Waals surface area contributed by atoms with Crippen LogP contribution in [0.5, 0.6) is 0 Å². The van der Waals surface area contributed by atoms with Gasteiger partial charge in [0.2, 0.25) is 0 Å². The summed E-state index contributed by atoms with van der Waals surface area (Å²) in [4.78, 5) is 12.0. The molecule has 0 radical (unpaired) electrons. The second-order valence-corrected chi connectivity index (χ2v) is 5.15. The van der Waals surface area contributed by atoms with Crippen LogP contribution < -0.4 is 11.4 Å². The maximum absolute atomic E-state index is 12.0. The first kappa shape index (κ1) is 12.1. The largest absolute Gasteiger partial charge is 0.422 e. The van der Waals surface area contributed by atoms with Gasteiger partial charge in [0.15, 0.2) is 0 Å². The summed E-state index contributed by atoms with van der Waals surface area (Å²) in [6.07, 6.45) is 0. The summed E-state index contributed by atoms with van der Waals surface area (Å²) < 4.78 is 5.33. The first-order valence-corrected chi connectivity index (χ1v) is 6.28. The number of fused-ring (bicyclic) bond motifs is 3. The Morgan fingerprint density at radius 3 is 2.42 bits per heavy atom. The van der Waals surface area contributed by atoms with Crippen molar-refractivity contribution in [3.63, 3.8) is 0 Å². The van der Waals surface area contributed by atoms with Crippen molar-refractivity contribution in [2.45, 2.75) is 13.8 Å². The summed E-state index contributed by atoms with van der Waals surface area (Å²) in [5, 5.41) is 2.82. The van der Waals surface area contributed by atoms with Crippen LogP contribution in [-0.4, -0.2) is 0 Å². The van der Waals surface area contributed by atoms with Crippen LogP contribution in [0.4, 0.5) is 5.69 Å². The lowest BCUT2D eigenvalue weighted by atomic mass is 10.0. The smallest absolute Gasteiger partial charge is 0.344 e. The van der Waals surface area contributed by atoms with Crippen molar-refractivity contribution >= 4 is 39.0 Å². The molecule has 0 spiro atoms. The van der Waals surface area contributed by atoms with E-state index >= 15 is 0 Å². The molecule has 2 N–H and O–H groups in total. The van der Waals surface area contributed by atoms with Crippen molar-refractivity contribution in [3.05, 3.63) is 50.8 Å². The van der Waals surface area contributed by atoms with E-state index in [1.165, 1.54) is 0 Å². The molecular weight excluding hydrogens is 262 g/mol. The van der Waals surface area contributed by atoms with Gasteiger partial charge in [-0.25, -0.2) is 4.79 Å². The Kier molecular flexibility index (Phi) is 2.54. The third kappa shape index (κ3) is 1.78. The summed E-state index contributed by atoms with van der Waals surface area (Å²) in [6.45, 7) is 3.78. The van der Waals surface area contributed by atoms with Gasteiger partial charge in [-0.1, -0.05) is 11.6 Å². The number of halogens is 1. The van der Waals surface area contributed by atoms with E-state index in [1.807, 2.05) is 19.9 Å². The van der Waals surface area contributed by atoms with Crippen molar-refractivity contribution in [1.82, 2.24) is 0 Å². The van der Waals surface area contributed by atoms with Crippen LogP contribution in [0, 0.1) is 13.8 Å². The van der Waals surface area contributed by atoms with Gasteiger partial charge in [0, 0.05) is 27.5 Å². The summed E-state index contributed by atoms with van der Waals surface area (Å²) >= 11 is 6.15. The fraction of sp³-hybridized carbons (Fsp3) is 0.133. The molecule has 3 aromatic rings. The molecule has 0 aliphatic carbocycles. The predicted octanol–water partition coefficient (Wildman–Crippen LogP) is 3.80. The Bertz CT molecular complexity index is 881. The number of nitrogens with two attached hydrogens (primary N) is 1. The second kappa shape index (κ2) is 4.00. The topological polar surface area (TPSA) is 56.2 Å². The maximum Gasteiger partial charge on any atom is 0.344 e. The molecule has 0 atom stereocenters. The van der Waals surface area contributed by atoms with E-state index in [-0.39, 0.29) is 5.63 Å². The van der Waals surface area contributed by atoms with Gasteiger partial charge in [0.05, 0.1) is 5.39 Å². The summed E-state index contributed by atoms with van der Waals surface area (Å²) in [7, 11) is 0. The molecule has 2 aromatic carbocycles. The molecule has 4 heteroatoms. The molecule has 3 rings (SSSR count). The minimum Gasteiger partial charge on any atom is -0.422 e. The maximum atomic E-state index is 12.0. The zero-order valence-electron chi connectivity index (χ0n) is 10.6. The first-order chi connectivity index (χ1) is 8.97. The van der Waals surface area contributed by atoms with Gasteiger partial charge in [0.25, 0.3) is 0 Å². The van der Waals surface area contributed by atoms with E-state index in [9.17, 15) is 4.79 Å². The fourth-order valence-electron chi connectivity index (χ4n) is 2.23. The van der Waals surface area contributed by atoms with E-state index in [2.05, 4.69) is 0 Å². The van der Waals surface area contributed by atoms with Crippen LogP contribution in [0.25, 0.3) is 21.7 Å². The minimum atomic E-state index is -0.370. The normalized spacial score (nSPS) is 11.3. The van der Waals surface area contributed by atoms with Crippen LogP contribution in [0.3, 0.4) is 0 Å². The Labute approximate surface area is 114 Å². The Hall–Kier alpha value is -2.00. The molecule has 1 aromatic heterocycles. The average molecular weight is 274 g/mol. The van der Waals surface area contributed by atoms with Gasteiger partial charge in [-0.2, -0.15) is 0 Å². The molecule has 0 fully saturated rings. The second-order valence-electron chi connectivity index (χ2n) is 4.74. The minimum absolute atomic E-state index is 0.370. The molecule has 0 bridgehead atoms. The Morgan fingerprint density at radius 2 is 1.68 bits per heavy atom.